The molecule has 1 rings (SSSR count). The lowest BCUT2D eigenvalue weighted by Gasteiger charge is -2.43. The van der Waals surface area contributed by atoms with Crippen LogP contribution in [0, 0.1) is 5.92 Å². The van der Waals surface area contributed by atoms with Gasteiger partial charge in [-0.25, -0.2) is 0 Å². The summed E-state index contributed by atoms with van der Waals surface area (Å²) in [6.07, 6.45) is 0.802. The maximum Gasteiger partial charge on any atom is 0.238 e. The number of likely N-dealkylation sites (tertiary alicyclic amines) is 1. The summed E-state index contributed by atoms with van der Waals surface area (Å²) >= 11 is 0. The molecule has 76 valence electrons. The van der Waals surface area contributed by atoms with E-state index in [1.165, 1.54) is 0 Å². The number of likely N-dealkylation sites (N-methyl/N-ethyl adjacent to an activating group) is 1. The number of nitrogens with one attached hydrogen (secondary N) is 1. The van der Waals surface area contributed by atoms with Crippen molar-refractivity contribution in [2.45, 2.75) is 18.9 Å². The zero-order valence-corrected chi connectivity index (χ0v) is 8.63. The summed E-state index contributed by atoms with van der Waals surface area (Å²) in [6.45, 7) is 3.91. The van der Waals surface area contributed by atoms with E-state index >= 15 is 0 Å². The molecule has 1 fully saturated rings. The van der Waals surface area contributed by atoms with E-state index in [-0.39, 0.29) is 11.8 Å². The molecule has 4 nitrogen and oxygen atoms in total. The van der Waals surface area contributed by atoms with Gasteiger partial charge in [-0.3, -0.25) is 4.79 Å². The average molecular weight is 185 g/mol. The van der Waals surface area contributed by atoms with Gasteiger partial charge in [0.2, 0.25) is 5.91 Å². The van der Waals surface area contributed by atoms with Gasteiger partial charge < -0.3 is 16.0 Å². The largest absolute Gasteiger partial charge is 0.368 e. The molecule has 4 heteroatoms. The van der Waals surface area contributed by atoms with Gasteiger partial charge in [0.05, 0.1) is 0 Å². The van der Waals surface area contributed by atoms with E-state index in [2.05, 4.69) is 24.2 Å². The number of carbonyl (C=O) groups excluding carboxylic acids is 1. The Morgan fingerprint density at radius 2 is 2.31 bits per heavy atom. The number of amides is 1. The molecule has 0 spiro atoms. The number of hydrogen-bond acceptors (Lipinski definition) is 3. The van der Waals surface area contributed by atoms with Crippen LogP contribution in [0.5, 0.6) is 0 Å². The number of hydrogen-bond donors (Lipinski definition) is 2. The summed E-state index contributed by atoms with van der Waals surface area (Å²) in [4.78, 5) is 13.6. The van der Waals surface area contributed by atoms with E-state index in [9.17, 15) is 4.79 Å². The molecule has 0 aliphatic carbocycles. The minimum Gasteiger partial charge on any atom is -0.368 e. The molecule has 1 saturated heterocycles. The Balaban J connectivity index is 2.81. The highest BCUT2D eigenvalue weighted by atomic mass is 16.1. The third-order valence-electron chi connectivity index (χ3n) is 3.20. The highest BCUT2D eigenvalue weighted by Gasteiger charge is 2.43. The van der Waals surface area contributed by atoms with Crippen LogP contribution in [0.2, 0.25) is 0 Å². The third-order valence-corrected chi connectivity index (χ3v) is 3.20. The van der Waals surface area contributed by atoms with Crippen molar-refractivity contribution >= 4 is 5.91 Å². The molecule has 0 radical (unpaired) electrons. The van der Waals surface area contributed by atoms with Crippen LogP contribution in [0.15, 0.2) is 0 Å². The highest BCUT2D eigenvalue weighted by molar-refractivity contribution is 5.85. The summed E-state index contributed by atoms with van der Waals surface area (Å²) < 4.78 is 0. The number of primary amides is 1. The number of nitrogens with two attached hydrogens (primary N) is 1. The first-order valence-electron chi connectivity index (χ1n) is 4.70. The first-order valence-corrected chi connectivity index (χ1v) is 4.70. The quantitative estimate of drug-likeness (QED) is 0.604. The normalized spacial score (nSPS) is 36.1. The maximum atomic E-state index is 11.4. The molecule has 0 bridgehead atoms. The minimum atomic E-state index is -0.494. The molecule has 0 saturated carbocycles. The fourth-order valence-corrected chi connectivity index (χ4v) is 2.19. The predicted molar refractivity (Wildman–Crippen MR) is 52.3 cm³/mol. The predicted octanol–water partition coefficient (Wildman–Crippen LogP) is -0.598. The molecular formula is C9H19N3O. The molecule has 1 amide bonds. The van der Waals surface area contributed by atoms with Crippen molar-refractivity contribution in [1.82, 2.24) is 10.2 Å². The molecule has 1 aliphatic rings. The Morgan fingerprint density at radius 1 is 1.69 bits per heavy atom. The number of rotatable bonds is 2. The van der Waals surface area contributed by atoms with E-state index < -0.39 is 5.54 Å². The molecular weight excluding hydrogens is 166 g/mol. The lowest BCUT2D eigenvalue weighted by Crippen LogP contribution is -2.64. The molecule has 0 aromatic heterocycles. The standard InChI is InChI=1S/C9H19N3O/c1-7-6-12(3)5-4-9(7,11-2)8(10)13/h7,11H,4-6H2,1-3H3,(H2,10,13). The first kappa shape index (κ1) is 10.5. The van der Waals surface area contributed by atoms with Gasteiger partial charge in [0.25, 0.3) is 0 Å². The molecule has 2 atom stereocenters. The van der Waals surface area contributed by atoms with E-state index in [0.29, 0.717) is 0 Å². The van der Waals surface area contributed by atoms with Gasteiger partial charge >= 0.3 is 0 Å². The van der Waals surface area contributed by atoms with E-state index in [1.807, 2.05) is 7.05 Å². The van der Waals surface area contributed by atoms with E-state index in [4.69, 9.17) is 5.73 Å². The first-order chi connectivity index (χ1) is 6.03. The van der Waals surface area contributed by atoms with Crippen molar-refractivity contribution in [2.24, 2.45) is 11.7 Å². The van der Waals surface area contributed by atoms with Crippen molar-refractivity contribution in [1.29, 1.82) is 0 Å². The SMILES string of the molecule is CNC1(C(N)=O)CCN(C)CC1C. The topological polar surface area (TPSA) is 58.4 Å². The fraction of sp³-hybridized carbons (Fsp3) is 0.889. The zero-order chi connectivity index (χ0) is 10.1. The van der Waals surface area contributed by atoms with Crippen molar-refractivity contribution < 1.29 is 4.79 Å². The van der Waals surface area contributed by atoms with E-state index in [1.54, 1.807) is 0 Å². The Labute approximate surface area is 79.5 Å². The Kier molecular flexibility index (Phi) is 2.93. The molecule has 2 unspecified atom stereocenters. The molecule has 0 aromatic carbocycles. The average Bonchev–Trinajstić information content (AvgIpc) is 2.04. The van der Waals surface area contributed by atoms with Crippen LogP contribution < -0.4 is 11.1 Å². The monoisotopic (exact) mass is 185 g/mol. The van der Waals surface area contributed by atoms with Gasteiger partial charge in [0.1, 0.15) is 5.54 Å². The van der Waals surface area contributed by atoms with Crippen LogP contribution >= 0.6 is 0 Å². The second kappa shape index (κ2) is 3.64. The van der Waals surface area contributed by atoms with Gasteiger partial charge in [-0.15, -0.1) is 0 Å². The highest BCUT2D eigenvalue weighted by Crippen LogP contribution is 2.26. The van der Waals surface area contributed by atoms with Crippen LogP contribution in [0.1, 0.15) is 13.3 Å². The van der Waals surface area contributed by atoms with Crippen LogP contribution in [0.3, 0.4) is 0 Å². The summed E-state index contributed by atoms with van der Waals surface area (Å²) in [5, 5.41) is 3.09. The van der Waals surface area contributed by atoms with Gasteiger partial charge in [0, 0.05) is 13.1 Å². The van der Waals surface area contributed by atoms with Crippen molar-refractivity contribution in [3.05, 3.63) is 0 Å². The van der Waals surface area contributed by atoms with Crippen LogP contribution in [0.25, 0.3) is 0 Å². The third kappa shape index (κ3) is 1.69. The molecule has 3 N–H and O–H groups in total. The lowest BCUT2D eigenvalue weighted by atomic mass is 9.78. The van der Waals surface area contributed by atoms with Crippen molar-refractivity contribution in [2.75, 3.05) is 27.2 Å². The second-order valence-corrected chi connectivity index (χ2v) is 4.00. The van der Waals surface area contributed by atoms with Crippen LogP contribution in [-0.4, -0.2) is 43.5 Å². The molecule has 1 aliphatic heterocycles. The minimum absolute atomic E-state index is 0.226. The zero-order valence-electron chi connectivity index (χ0n) is 8.63. The Bertz CT molecular complexity index is 207. The number of piperidine rings is 1. The van der Waals surface area contributed by atoms with Crippen molar-refractivity contribution in [3.8, 4) is 0 Å². The van der Waals surface area contributed by atoms with Gasteiger partial charge in [-0.2, -0.15) is 0 Å². The molecule has 13 heavy (non-hydrogen) atoms. The van der Waals surface area contributed by atoms with Gasteiger partial charge in [-0.05, 0) is 26.4 Å². The summed E-state index contributed by atoms with van der Waals surface area (Å²) in [5.41, 5.74) is 4.94. The van der Waals surface area contributed by atoms with Gasteiger partial charge in [-0.1, -0.05) is 6.92 Å². The Morgan fingerprint density at radius 3 is 2.69 bits per heavy atom. The number of nitrogens with zero attached hydrogens (tertiary/aromatic N) is 1. The molecule has 0 aromatic rings. The second-order valence-electron chi connectivity index (χ2n) is 4.00. The van der Waals surface area contributed by atoms with Crippen LogP contribution in [-0.2, 0) is 4.79 Å². The smallest absolute Gasteiger partial charge is 0.238 e. The fourth-order valence-electron chi connectivity index (χ4n) is 2.19. The summed E-state index contributed by atoms with van der Waals surface area (Å²) in [5.74, 6) is 0.0457. The van der Waals surface area contributed by atoms with Crippen LogP contribution in [0.4, 0.5) is 0 Å². The van der Waals surface area contributed by atoms with Crippen molar-refractivity contribution in [3.63, 3.8) is 0 Å². The number of carbonyl (C=O) groups is 1. The molecule has 1 heterocycles. The lowest BCUT2D eigenvalue weighted by molar-refractivity contribution is -0.128. The summed E-state index contributed by atoms with van der Waals surface area (Å²) in [6, 6.07) is 0. The Hall–Kier alpha value is -0.610. The maximum absolute atomic E-state index is 11.4. The summed E-state index contributed by atoms with van der Waals surface area (Å²) in [7, 11) is 3.88. The van der Waals surface area contributed by atoms with E-state index in [0.717, 1.165) is 19.5 Å². The van der Waals surface area contributed by atoms with Gasteiger partial charge in [0.15, 0.2) is 0 Å².